The third-order valence-corrected chi connectivity index (χ3v) is 7.25. The van der Waals surface area contributed by atoms with Crippen LogP contribution in [0.25, 0.3) is 20.3 Å². The molecule has 1 aromatic carbocycles. The number of carbonyl (C=O) groups is 1. The van der Waals surface area contributed by atoms with Gasteiger partial charge in [-0.1, -0.05) is 6.07 Å². The van der Waals surface area contributed by atoms with Crippen molar-refractivity contribution in [3.63, 3.8) is 0 Å². The molecule has 158 valence electrons. The van der Waals surface area contributed by atoms with E-state index < -0.39 is 0 Å². The number of hydrogen-bond donors (Lipinski definition) is 0. The van der Waals surface area contributed by atoms with Crippen LogP contribution in [0.4, 0.5) is 4.79 Å². The predicted octanol–water partition coefficient (Wildman–Crippen LogP) is 4.30. The van der Waals surface area contributed by atoms with E-state index in [1.165, 1.54) is 0 Å². The minimum Gasteiger partial charge on any atom is -0.474 e. The molecule has 7 nitrogen and oxygen atoms in total. The van der Waals surface area contributed by atoms with Gasteiger partial charge in [0, 0.05) is 23.8 Å². The van der Waals surface area contributed by atoms with E-state index >= 15 is 0 Å². The maximum atomic E-state index is 12.4. The lowest BCUT2D eigenvalue weighted by Gasteiger charge is -2.32. The Balaban J connectivity index is 1.47. The fourth-order valence-corrected chi connectivity index (χ4v) is 5.31. The molecule has 2 aliphatic rings. The minimum atomic E-state index is -0.297. The maximum Gasteiger partial charge on any atom is 0.415 e. The van der Waals surface area contributed by atoms with Gasteiger partial charge in [-0.2, -0.15) is 0 Å². The zero-order valence-corrected chi connectivity index (χ0v) is 18.2. The number of carbonyl (C=O) groups excluding carboxylic acids is 1. The second kappa shape index (κ2) is 8.00. The fourth-order valence-electron chi connectivity index (χ4n) is 4.26. The zero-order valence-electron chi connectivity index (χ0n) is 17.3. The summed E-state index contributed by atoms with van der Waals surface area (Å²) in [5, 5.41) is 1.71. The first-order valence-corrected chi connectivity index (χ1v) is 11.4. The lowest BCUT2D eigenvalue weighted by atomic mass is 9.92. The summed E-state index contributed by atoms with van der Waals surface area (Å²) >= 11 is 1.57. The SMILES string of the molecule is CN(C)[C@H]1CC[C@H](Oc2ncnc3sc4cccc(OC(=O)N5CCC5)c4c23)CC1. The zero-order chi connectivity index (χ0) is 20.7. The highest BCUT2D eigenvalue weighted by Crippen LogP contribution is 2.42. The molecule has 0 unspecified atom stereocenters. The summed E-state index contributed by atoms with van der Waals surface area (Å²) in [6.07, 6.45) is 6.69. The van der Waals surface area contributed by atoms with Crippen molar-refractivity contribution in [1.29, 1.82) is 0 Å². The van der Waals surface area contributed by atoms with Gasteiger partial charge in [0.25, 0.3) is 0 Å². The summed E-state index contributed by atoms with van der Waals surface area (Å²) < 4.78 is 13.2. The number of ether oxygens (including phenoxy) is 2. The molecule has 0 bridgehead atoms. The average Bonchev–Trinajstić information content (AvgIpc) is 3.07. The van der Waals surface area contributed by atoms with E-state index in [2.05, 4.69) is 29.0 Å². The minimum absolute atomic E-state index is 0.144. The molecule has 0 N–H and O–H groups in total. The third kappa shape index (κ3) is 3.58. The van der Waals surface area contributed by atoms with Crippen LogP contribution in [-0.2, 0) is 0 Å². The molecule has 1 aliphatic carbocycles. The van der Waals surface area contributed by atoms with Crippen LogP contribution < -0.4 is 9.47 Å². The largest absolute Gasteiger partial charge is 0.474 e. The molecule has 8 heteroatoms. The van der Waals surface area contributed by atoms with Gasteiger partial charge < -0.3 is 19.3 Å². The van der Waals surface area contributed by atoms with Crippen LogP contribution >= 0.6 is 11.3 Å². The monoisotopic (exact) mass is 426 g/mol. The Labute approximate surface area is 179 Å². The van der Waals surface area contributed by atoms with Crippen LogP contribution in [0.5, 0.6) is 11.6 Å². The Morgan fingerprint density at radius 3 is 2.63 bits per heavy atom. The van der Waals surface area contributed by atoms with Gasteiger partial charge in [-0.05, 0) is 58.3 Å². The molecule has 0 atom stereocenters. The highest BCUT2D eigenvalue weighted by molar-refractivity contribution is 7.25. The molecule has 0 radical (unpaired) electrons. The topological polar surface area (TPSA) is 67.8 Å². The summed E-state index contributed by atoms with van der Waals surface area (Å²) in [6, 6.07) is 6.39. The van der Waals surface area contributed by atoms with E-state index in [0.717, 1.165) is 65.5 Å². The number of aromatic nitrogens is 2. The summed E-state index contributed by atoms with van der Waals surface area (Å²) in [5.41, 5.74) is 0. The highest BCUT2D eigenvalue weighted by Gasteiger charge is 2.27. The van der Waals surface area contributed by atoms with E-state index in [-0.39, 0.29) is 12.2 Å². The Hall–Kier alpha value is -2.45. The molecule has 2 aromatic heterocycles. The van der Waals surface area contributed by atoms with Crippen LogP contribution in [-0.4, -0.2) is 65.2 Å². The van der Waals surface area contributed by atoms with Crippen molar-refractivity contribution in [3.8, 4) is 11.6 Å². The number of fused-ring (bicyclic) bond motifs is 3. The number of nitrogens with zero attached hydrogens (tertiary/aromatic N) is 4. The summed E-state index contributed by atoms with van der Waals surface area (Å²) in [5.74, 6) is 1.14. The van der Waals surface area contributed by atoms with Crippen LogP contribution in [0.15, 0.2) is 24.5 Å². The van der Waals surface area contributed by atoms with Crippen molar-refractivity contribution < 1.29 is 14.3 Å². The number of thiophene rings is 1. The lowest BCUT2D eigenvalue weighted by Crippen LogP contribution is -2.43. The number of rotatable bonds is 4. The normalized spacial score (nSPS) is 21.8. The van der Waals surface area contributed by atoms with Crippen molar-refractivity contribution in [2.75, 3.05) is 27.2 Å². The first kappa shape index (κ1) is 19.5. The van der Waals surface area contributed by atoms with Crippen molar-refractivity contribution in [2.45, 2.75) is 44.2 Å². The van der Waals surface area contributed by atoms with Crippen LogP contribution in [0, 0.1) is 0 Å². The average molecular weight is 427 g/mol. The molecule has 1 saturated carbocycles. The summed E-state index contributed by atoms with van der Waals surface area (Å²) in [7, 11) is 4.28. The number of hydrogen-bond acceptors (Lipinski definition) is 7. The van der Waals surface area contributed by atoms with Crippen LogP contribution in [0.1, 0.15) is 32.1 Å². The van der Waals surface area contributed by atoms with Crippen molar-refractivity contribution in [3.05, 3.63) is 24.5 Å². The predicted molar refractivity (Wildman–Crippen MR) is 117 cm³/mol. The van der Waals surface area contributed by atoms with Crippen LogP contribution in [0.3, 0.4) is 0 Å². The molecular formula is C22H26N4O3S. The molecule has 1 amide bonds. The van der Waals surface area contributed by atoms with Gasteiger partial charge in [0.1, 0.15) is 23.0 Å². The maximum absolute atomic E-state index is 12.4. The van der Waals surface area contributed by atoms with E-state index in [1.54, 1.807) is 22.6 Å². The number of benzene rings is 1. The van der Waals surface area contributed by atoms with Crippen molar-refractivity contribution in [1.82, 2.24) is 19.8 Å². The van der Waals surface area contributed by atoms with Gasteiger partial charge in [-0.15, -0.1) is 11.3 Å². The standard InChI is InChI=1S/C22H26N4O3S/c1-25(2)14-7-9-15(10-8-14)28-20-19-18-16(29-22(27)26-11-4-12-26)5-3-6-17(18)30-21(19)24-13-23-20/h3,5-6,13-15H,4,7-12H2,1-2H3/t14-,15-. The Morgan fingerprint density at radius 1 is 1.13 bits per heavy atom. The van der Waals surface area contributed by atoms with E-state index in [4.69, 9.17) is 9.47 Å². The molecule has 3 heterocycles. The van der Waals surface area contributed by atoms with Gasteiger partial charge in [-0.25, -0.2) is 14.8 Å². The Kier molecular flexibility index (Phi) is 5.20. The van der Waals surface area contributed by atoms with Gasteiger partial charge in [-0.3, -0.25) is 0 Å². The summed E-state index contributed by atoms with van der Waals surface area (Å²) in [6.45, 7) is 1.51. The quantitative estimate of drug-likeness (QED) is 0.620. The lowest BCUT2D eigenvalue weighted by molar-refractivity contribution is 0.108. The fraction of sp³-hybridized carbons (Fsp3) is 0.500. The van der Waals surface area contributed by atoms with E-state index in [1.807, 2.05) is 18.2 Å². The molecule has 5 rings (SSSR count). The first-order chi connectivity index (χ1) is 14.6. The van der Waals surface area contributed by atoms with E-state index in [0.29, 0.717) is 17.7 Å². The van der Waals surface area contributed by atoms with E-state index in [9.17, 15) is 4.79 Å². The molecule has 3 aromatic rings. The molecule has 1 saturated heterocycles. The number of likely N-dealkylation sites (tertiary alicyclic amines) is 1. The van der Waals surface area contributed by atoms with Crippen molar-refractivity contribution in [2.24, 2.45) is 0 Å². The second-order valence-electron chi connectivity index (χ2n) is 8.31. The second-order valence-corrected chi connectivity index (χ2v) is 9.34. The summed E-state index contributed by atoms with van der Waals surface area (Å²) in [4.78, 5) is 26.2. The Bertz CT molecular complexity index is 1070. The molecule has 30 heavy (non-hydrogen) atoms. The molecule has 2 fully saturated rings. The third-order valence-electron chi connectivity index (χ3n) is 6.19. The van der Waals surface area contributed by atoms with Gasteiger partial charge in [0.15, 0.2) is 0 Å². The van der Waals surface area contributed by atoms with Crippen LogP contribution in [0.2, 0.25) is 0 Å². The highest BCUT2D eigenvalue weighted by atomic mass is 32.1. The number of amides is 1. The molecule has 1 aliphatic heterocycles. The Morgan fingerprint density at radius 2 is 1.93 bits per heavy atom. The smallest absolute Gasteiger partial charge is 0.415 e. The van der Waals surface area contributed by atoms with Crippen molar-refractivity contribution >= 4 is 37.7 Å². The molecular weight excluding hydrogens is 400 g/mol. The van der Waals surface area contributed by atoms with Gasteiger partial charge >= 0.3 is 6.09 Å². The van der Waals surface area contributed by atoms with Gasteiger partial charge in [0.05, 0.1) is 10.8 Å². The molecule has 0 spiro atoms. The first-order valence-electron chi connectivity index (χ1n) is 10.6. The van der Waals surface area contributed by atoms with Gasteiger partial charge in [0.2, 0.25) is 5.88 Å².